The molecule has 29 heavy (non-hydrogen) atoms. The van der Waals surface area contributed by atoms with Crippen LogP contribution in [0.15, 0.2) is 24.5 Å². The van der Waals surface area contributed by atoms with Crippen LogP contribution >= 0.6 is 0 Å². The molecule has 0 spiro atoms. The van der Waals surface area contributed by atoms with Gasteiger partial charge in [-0.3, -0.25) is 4.79 Å². The topological polar surface area (TPSA) is 92.6 Å². The lowest BCUT2D eigenvalue weighted by Crippen LogP contribution is -2.42. The largest absolute Gasteiger partial charge is 0.495 e. The number of hydrogen-bond acceptors (Lipinski definition) is 5. The fraction of sp³-hybridized carbons (Fsp3) is 0.500. The van der Waals surface area contributed by atoms with Crippen molar-refractivity contribution < 1.29 is 14.3 Å². The number of benzene rings is 1. The number of rotatable bonds is 5. The third-order valence-electron chi connectivity index (χ3n) is 5.15. The summed E-state index contributed by atoms with van der Waals surface area (Å²) in [5.41, 5.74) is 0.961. The summed E-state index contributed by atoms with van der Waals surface area (Å²) in [7, 11) is 4.91. The van der Waals surface area contributed by atoms with Gasteiger partial charge < -0.3 is 24.4 Å². The van der Waals surface area contributed by atoms with E-state index < -0.39 is 0 Å². The van der Waals surface area contributed by atoms with Gasteiger partial charge >= 0.3 is 6.03 Å². The molecule has 3 amide bonds. The van der Waals surface area contributed by atoms with Crippen LogP contribution in [0.25, 0.3) is 0 Å². The highest BCUT2D eigenvalue weighted by atomic mass is 16.5. The number of anilines is 1. The maximum atomic E-state index is 12.9. The SMILES string of the molecule is CCn1cnnc1[C@@H]1CCCN(C(=O)Nc2cc(C(=O)N(C)C)ccc2OC)C1. The summed E-state index contributed by atoms with van der Waals surface area (Å²) >= 11 is 0. The van der Waals surface area contributed by atoms with Crippen molar-refractivity contribution in [1.82, 2.24) is 24.6 Å². The number of carbonyl (C=O) groups excluding carboxylic acids is 2. The van der Waals surface area contributed by atoms with Gasteiger partial charge in [-0.1, -0.05) is 0 Å². The van der Waals surface area contributed by atoms with Gasteiger partial charge in [0.05, 0.1) is 12.8 Å². The van der Waals surface area contributed by atoms with Gasteiger partial charge in [0.25, 0.3) is 5.91 Å². The monoisotopic (exact) mass is 400 g/mol. The fourth-order valence-electron chi connectivity index (χ4n) is 3.59. The van der Waals surface area contributed by atoms with Crippen LogP contribution in [0.5, 0.6) is 5.75 Å². The number of urea groups is 1. The van der Waals surface area contributed by atoms with Crippen molar-refractivity contribution in [3.63, 3.8) is 0 Å². The molecule has 1 N–H and O–H groups in total. The van der Waals surface area contributed by atoms with Crippen molar-refractivity contribution in [2.75, 3.05) is 39.6 Å². The van der Waals surface area contributed by atoms with Crippen molar-refractivity contribution in [2.24, 2.45) is 0 Å². The number of aromatic nitrogens is 3. The van der Waals surface area contributed by atoms with E-state index in [2.05, 4.69) is 22.4 Å². The summed E-state index contributed by atoms with van der Waals surface area (Å²) in [6.07, 6.45) is 3.59. The predicted molar refractivity (Wildman–Crippen MR) is 109 cm³/mol. The molecule has 0 saturated carbocycles. The van der Waals surface area contributed by atoms with E-state index in [0.29, 0.717) is 30.1 Å². The Hall–Kier alpha value is -3.10. The number of nitrogens with one attached hydrogen (secondary N) is 1. The van der Waals surface area contributed by atoms with Crippen molar-refractivity contribution in [2.45, 2.75) is 32.2 Å². The van der Waals surface area contributed by atoms with Crippen molar-refractivity contribution in [3.8, 4) is 5.75 Å². The summed E-state index contributed by atoms with van der Waals surface area (Å²) in [4.78, 5) is 28.5. The average molecular weight is 400 g/mol. The number of hydrogen-bond donors (Lipinski definition) is 1. The smallest absolute Gasteiger partial charge is 0.321 e. The highest BCUT2D eigenvalue weighted by Crippen LogP contribution is 2.29. The number of ether oxygens (including phenoxy) is 1. The molecular formula is C20H28N6O3. The molecule has 0 bridgehead atoms. The van der Waals surface area contributed by atoms with E-state index >= 15 is 0 Å². The zero-order chi connectivity index (χ0) is 21.0. The van der Waals surface area contributed by atoms with E-state index in [1.165, 1.54) is 12.0 Å². The number of aryl methyl sites for hydroxylation is 1. The summed E-state index contributed by atoms with van der Waals surface area (Å²) in [5.74, 6) is 1.44. The van der Waals surface area contributed by atoms with Gasteiger partial charge in [-0.25, -0.2) is 4.79 Å². The molecule has 1 saturated heterocycles. The standard InChI is InChI=1S/C20H28N6O3/c1-5-25-13-21-23-18(25)15-7-6-10-26(12-15)20(28)22-16-11-14(19(27)24(2)3)8-9-17(16)29-4/h8-9,11,13,15H,5-7,10,12H2,1-4H3,(H,22,28)/t15-/m1/s1. The first-order chi connectivity index (χ1) is 13.9. The van der Waals surface area contributed by atoms with Crippen LogP contribution in [-0.4, -0.2) is 70.8 Å². The lowest BCUT2D eigenvalue weighted by molar-refractivity contribution is 0.0827. The van der Waals surface area contributed by atoms with Crippen LogP contribution in [0.2, 0.25) is 0 Å². The lowest BCUT2D eigenvalue weighted by Gasteiger charge is -2.32. The molecule has 156 valence electrons. The second-order valence-electron chi connectivity index (χ2n) is 7.31. The average Bonchev–Trinajstić information content (AvgIpc) is 3.22. The van der Waals surface area contributed by atoms with Gasteiger partial charge in [0.2, 0.25) is 0 Å². The Morgan fingerprint density at radius 1 is 1.34 bits per heavy atom. The van der Waals surface area contributed by atoms with Crippen LogP contribution in [0.1, 0.15) is 41.9 Å². The number of amides is 3. The van der Waals surface area contributed by atoms with Crippen LogP contribution < -0.4 is 10.1 Å². The Labute approximate surface area is 170 Å². The molecule has 1 aliphatic rings. The minimum atomic E-state index is -0.218. The molecule has 9 nitrogen and oxygen atoms in total. The Morgan fingerprint density at radius 2 is 2.14 bits per heavy atom. The van der Waals surface area contributed by atoms with E-state index in [9.17, 15) is 9.59 Å². The third kappa shape index (κ3) is 4.49. The van der Waals surface area contributed by atoms with E-state index in [0.717, 1.165) is 25.2 Å². The maximum Gasteiger partial charge on any atom is 0.321 e. The molecule has 0 aliphatic carbocycles. The van der Waals surface area contributed by atoms with E-state index in [-0.39, 0.29) is 17.9 Å². The van der Waals surface area contributed by atoms with E-state index in [1.54, 1.807) is 43.5 Å². The first-order valence-electron chi connectivity index (χ1n) is 9.77. The van der Waals surface area contributed by atoms with E-state index in [1.807, 2.05) is 4.57 Å². The summed E-state index contributed by atoms with van der Waals surface area (Å²) in [6, 6.07) is 4.80. The van der Waals surface area contributed by atoms with Gasteiger partial charge in [0, 0.05) is 45.2 Å². The summed E-state index contributed by atoms with van der Waals surface area (Å²) in [6.45, 7) is 4.09. The Balaban J connectivity index is 1.75. The number of likely N-dealkylation sites (tertiary alicyclic amines) is 1. The molecule has 0 radical (unpaired) electrons. The number of methoxy groups -OCH3 is 1. The second kappa shape index (κ2) is 8.93. The van der Waals surface area contributed by atoms with Crippen molar-refractivity contribution in [3.05, 3.63) is 35.9 Å². The number of piperidine rings is 1. The van der Waals surface area contributed by atoms with Crippen LogP contribution in [0.4, 0.5) is 10.5 Å². The summed E-state index contributed by atoms with van der Waals surface area (Å²) < 4.78 is 7.38. The van der Waals surface area contributed by atoms with Gasteiger partial charge in [-0.2, -0.15) is 0 Å². The summed E-state index contributed by atoms with van der Waals surface area (Å²) in [5, 5.41) is 11.2. The highest BCUT2D eigenvalue weighted by molar-refractivity contribution is 5.97. The molecule has 0 unspecified atom stereocenters. The Bertz CT molecular complexity index is 879. The molecule has 1 aromatic heterocycles. The van der Waals surface area contributed by atoms with Gasteiger partial charge in [-0.05, 0) is 38.0 Å². The van der Waals surface area contributed by atoms with Crippen LogP contribution in [0, 0.1) is 0 Å². The molecule has 1 fully saturated rings. The third-order valence-corrected chi connectivity index (χ3v) is 5.15. The van der Waals surface area contributed by atoms with Crippen LogP contribution in [0.3, 0.4) is 0 Å². The quantitative estimate of drug-likeness (QED) is 0.832. The number of nitrogens with zero attached hydrogens (tertiary/aromatic N) is 5. The minimum Gasteiger partial charge on any atom is -0.495 e. The van der Waals surface area contributed by atoms with Gasteiger partial charge in [0.15, 0.2) is 0 Å². The molecule has 1 aromatic carbocycles. The number of carbonyl (C=O) groups is 2. The second-order valence-corrected chi connectivity index (χ2v) is 7.31. The van der Waals surface area contributed by atoms with E-state index in [4.69, 9.17) is 4.74 Å². The maximum absolute atomic E-state index is 12.9. The zero-order valence-electron chi connectivity index (χ0n) is 17.4. The van der Waals surface area contributed by atoms with Gasteiger partial charge in [-0.15, -0.1) is 10.2 Å². The van der Waals surface area contributed by atoms with Crippen molar-refractivity contribution >= 4 is 17.6 Å². The zero-order valence-corrected chi connectivity index (χ0v) is 17.4. The van der Waals surface area contributed by atoms with Gasteiger partial charge in [0.1, 0.15) is 17.9 Å². The first kappa shape index (κ1) is 20.6. The Kier molecular flexibility index (Phi) is 6.36. The molecule has 2 aromatic rings. The van der Waals surface area contributed by atoms with Crippen LogP contribution in [-0.2, 0) is 6.54 Å². The molecule has 3 rings (SSSR count). The lowest BCUT2D eigenvalue weighted by atomic mass is 9.97. The fourth-order valence-corrected chi connectivity index (χ4v) is 3.59. The minimum absolute atomic E-state index is 0.139. The molecular weight excluding hydrogens is 372 g/mol. The molecule has 1 aliphatic heterocycles. The molecule has 1 atom stereocenters. The molecule has 2 heterocycles. The predicted octanol–water partition coefficient (Wildman–Crippen LogP) is 2.42. The first-order valence-corrected chi connectivity index (χ1v) is 9.77. The molecule has 9 heteroatoms. The Morgan fingerprint density at radius 3 is 2.83 bits per heavy atom. The highest BCUT2D eigenvalue weighted by Gasteiger charge is 2.28. The normalized spacial score (nSPS) is 16.4. The van der Waals surface area contributed by atoms with Crippen molar-refractivity contribution in [1.29, 1.82) is 0 Å².